The van der Waals surface area contributed by atoms with E-state index < -0.39 is 59.0 Å². The molecule has 0 saturated heterocycles. The monoisotopic (exact) mass is 651 g/mol. The Morgan fingerprint density at radius 3 is 2.12 bits per heavy atom. The van der Waals surface area contributed by atoms with Gasteiger partial charge in [0.05, 0.1) is 27.8 Å². The van der Waals surface area contributed by atoms with Crippen LogP contribution in [0, 0.1) is 0 Å². The van der Waals surface area contributed by atoms with Crippen LogP contribution in [0.1, 0.15) is 0 Å². The van der Waals surface area contributed by atoms with Crippen molar-refractivity contribution in [1.82, 2.24) is 0 Å². The third kappa shape index (κ3) is 9.54. The average molecular weight is 652 g/mol. The molecule has 0 unspecified atom stereocenters. The van der Waals surface area contributed by atoms with Gasteiger partial charge < -0.3 is 19.5 Å². The third-order valence-corrected chi connectivity index (χ3v) is 8.39. The molecule has 0 spiro atoms. The normalized spacial score (nSPS) is 12.0. The maximum atomic E-state index is 12.5. The molecule has 18 heteroatoms. The second kappa shape index (κ2) is 14.7. The first-order valence-corrected chi connectivity index (χ1v) is 15.5. The van der Waals surface area contributed by atoms with Crippen LogP contribution in [-0.2, 0) is 34.5 Å². The fourth-order valence-corrected chi connectivity index (χ4v) is 5.77. The van der Waals surface area contributed by atoms with Crippen LogP contribution in [0.5, 0.6) is 5.75 Å². The SMILES string of the molecule is O=S(=O)([O-])OCCS(=O)(=O)c1cccc(N=Nc2c(S(=O)(=O)[O-])cc3ccc(Nc4ccccc4)cc3c2O)c1.[Na+].[Na+]. The zero-order chi connectivity index (χ0) is 29.1. The molecule has 2 N–H and O–H groups in total. The van der Waals surface area contributed by atoms with Crippen molar-refractivity contribution in [2.45, 2.75) is 9.79 Å². The van der Waals surface area contributed by atoms with Crippen LogP contribution < -0.4 is 64.4 Å². The zero-order valence-electron chi connectivity index (χ0n) is 22.2. The minimum Gasteiger partial charge on any atom is -0.744 e. The van der Waals surface area contributed by atoms with Gasteiger partial charge in [-0.3, -0.25) is 4.18 Å². The Kier molecular flexibility index (Phi) is 12.7. The molecule has 0 bridgehead atoms. The Hall–Kier alpha value is -1.93. The van der Waals surface area contributed by atoms with Gasteiger partial charge in [0.1, 0.15) is 15.8 Å². The van der Waals surface area contributed by atoms with Gasteiger partial charge in [-0.15, -0.1) is 5.11 Å². The van der Waals surface area contributed by atoms with E-state index in [1.807, 2.05) is 30.3 Å². The largest absolute Gasteiger partial charge is 1.00 e. The molecule has 210 valence electrons. The first-order valence-electron chi connectivity index (χ1n) is 11.2. The smallest absolute Gasteiger partial charge is 0.744 e. The van der Waals surface area contributed by atoms with Gasteiger partial charge >= 0.3 is 59.1 Å². The van der Waals surface area contributed by atoms with Crippen molar-refractivity contribution >= 4 is 63.9 Å². The van der Waals surface area contributed by atoms with Crippen molar-refractivity contribution in [3.05, 3.63) is 78.9 Å². The van der Waals surface area contributed by atoms with E-state index in [9.17, 15) is 39.5 Å². The van der Waals surface area contributed by atoms with Crippen molar-refractivity contribution in [3.63, 3.8) is 0 Å². The average Bonchev–Trinajstić information content (AvgIpc) is 2.87. The molecule has 0 aliphatic rings. The van der Waals surface area contributed by atoms with Crippen molar-refractivity contribution in [1.29, 1.82) is 0 Å². The van der Waals surface area contributed by atoms with E-state index in [1.165, 1.54) is 30.3 Å². The Morgan fingerprint density at radius 1 is 0.786 bits per heavy atom. The number of para-hydroxylation sites is 1. The summed E-state index contributed by atoms with van der Waals surface area (Å²) in [5.41, 5.74) is 0.533. The Morgan fingerprint density at radius 2 is 1.48 bits per heavy atom. The van der Waals surface area contributed by atoms with Crippen LogP contribution >= 0.6 is 0 Å². The molecule has 0 amide bonds. The molecule has 4 rings (SSSR count). The molecule has 0 saturated carbocycles. The van der Waals surface area contributed by atoms with Gasteiger partial charge in [0.25, 0.3) is 0 Å². The number of rotatable bonds is 10. The van der Waals surface area contributed by atoms with Crippen molar-refractivity contribution in [2.24, 2.45) is 10.2 Å². The maximum Gasteiger partial charge on any atom is 1.00 e. The number of anilines is 2. The van der Waals surface area contributed by atoms with Gasteiger partial charge in [-0.2, -0.15) is 5.11 Å². The summed E-state index contributed by atoms with van der Waals surface area (Å²) in [5, 5.41) is 22.0. The molecule has 0 aliphatic carbocycles. The summed E-state index contributed by atoms with van der Waals surface area (Å²) in [6.07, 6.45) is 0. The fraction of sp³-hybridized carbons (Fsp3) is 0.0833. The number of hydrogen-bond acceptors (Lipinski definition) is 13. The summed E-state index contributed by atoms with van der Waals surface area (Å²) in [6.45, 7) is -0.906. The zero-order valence-corrected chi connectivity index (χ0v) is 28.6. The molecule has 42 heavy (non-hydrogen) atoms. The molecule has 4 aromatic rings. The summed E-state index contributed by atoms with van der Waals surface area (Å²) in [4.78, 5) is -1.17. The van der Waals surface area contributed by atoms with Gasteiger partial charge in [-0.25, -0.2) is 25.3 Å². The minimum absolute atomic E-state index is 0. The number of phenolic OH excluding ortho intramolecular Hbond substituents is 1. The molecule has 0 radical (unpaired) electrons. The summed E-state index contributed by atoms with van der Waals surface area (Å²) >= 11 is 0. The number of sulfone groups is 1. The first-order chi connectivity index (χ1) is 18.7. The standard InChI is InChI=1S/C24H21N3O10S3.2Na/c28-24-21-15-18(25-17-5-2-1-3-6-17)10-9-16(21)13-22(39(31,32)33)23(24)27-26-19-7-4-8-20(14-19)38(29,30)12-11-37-40(34,35)36;;/h1-10,13-15,25,28H,11-12H2,(H,31,32,33)(H,34,35,36);;/q;2*+1/p-2. The number of phenols is 1. The number of benzene rings is 4. The van der Waals surface area contributed by atoms with Crippen LogP contribution in [0.25, 0.3) is 10.8 Å². The topological polar surface area (TPSA) is 215 Å². The molecule has 0 aromatic heterocycles. The van der Waals surface area contributed by atoms with E-state index in [2.05, 4.69) is 19.7 Å². The first kappa shape index (κ1) is 36.3. The van der Waals surface area contributed by atoms with Crippen molar-refractivity contribution in [2.75, 3.05) is 17.7 Å². The molecular formula is C24H19N3Na2O10S3. The number of nitrogens with zero attached hydrogens (tertiary/aromatic N) is 2. The Labute approximate surface area is 286 Å². The van der Waals surface area contributed by atoms with Crippen LogP contribution in [0.4, 0.5) is 22.7 Å². The van der Waals surface area contributed by atoms with Crippen LogP contribution in [0.2, 0.25) is 0 Å². The molecule has 13 nitrogen and oxygen atoms in total. The summed E-state index contributed by atoms with van der Waals surface area (Å²) < 4.78 is 96.5. The van der Waals surface area contributed by atoms with Crippen LogP contribution in [0.3, 0.4) is 0 Å². The third-order valence-electron chi connectivity index (χ3n) is 5.41. The van der Waals surface area contributed by atoms with E-state index in [4.69, 9.17) is 0 Å². The van der Waals surface area contributed by atoms with E-state index in [0.29, 0.717) is 5.69 Å². The summed E-state index contributed by atoms with van der Waals surface area (Å²) in [6, 6.07) is 19.6. The molecule has 0 aliphatic heterocycles. The Balaban J connectivity index is 0.00000308. The number of azo groups is 1. The molecule has 4 aromatic carbocycles. The number of hydrogen-bond donors (Lipinski definition) is 2. The van der Waals surface area contributed by atoms with E-state index in [-0.39, 0.29) is 80.5 Å². The van der Waals surface area contributed by atoms with Gasteiger partial charge in [0, 0.05) is 16.8 Å². The predicted molar refractivity (Wildman–Crippen MR) is 142 cm³/mol. The quantitative estimate of drug-likeness (QED) is 0.0817. The van der Waals surface area contributed by atoms with Crippen LogP contribution in [0.15, 0.2) is 98.9 Å². The van der Waals surface area contributed by atoms with Crippen molar-refractivity contribution in [3.8, 4) is 5.75 Å². The van der Waals surface area contributed by atoms with Gasteiger partial charge in [-0.05, 0) is 53.9 Å². The number of aromatic hydroxyl groups is 1. The maximum absolute atomic E-state index is 12.5. The predicted octanol–water partition coefficient (Wildman–Crippen LogP) is -2.13. The van der Waals surface area contributed by atoms with E-state index in [1.54, 1.807) is 6.07 Å². The molecule has 0 atom stereocenters. The van der Waals surface area contributed by atoms with E-state index >= 15 is 0 Å². The minimum atomic E-state index is -5.13. The molecule has 0 heterocycles. The number of nitrogens with one attached hydrogen (secondary N) is 1. The fourth-order valence-electron chi connectivity index (χ4n) is 3.60. The van der Waals surface area contributed by atoms with Crippen LogP contribution in [-0.4, -0.2) is 51.8 Å². The van der Waals surface area contributed by atoms with Crippen molar-refractivity contribution < 1.29 is 103 Å². The Bertz CT molecular complexity index is 1940. The molecular weight excluding hydrogens is 632 g/mol. The second-order valence-electron chi connectivity index (χ2n) is 8.20. The van der Waals surface area contributed by atoms with Gasteiger partial charge in [0.15, 0.2) is 15.6 Å². The van der Waals surface area contributed by atoms with Gasteiger partial charge in [-0.1, -0.05) is 30.3 Å². The molecule has 0 fully saturated rings. The summed E-state index contributed by atoms with van der Waals surface area (Å²) in [5.74, 6) is -1.48. The van der Waals surface area contributed by atoms with E-state index in [0.717, 1.165) is 17.8 Å². The second-order valence-corrected chi connectivity index (χ2v) is 12.7. The number of fused-ring (bicyclic) bond motifs is 1. The summed E-state index contributed by atoms with van der Waals surface area (Å²) in [7, 11) is -14.3. The van der Waals surface area contributed by atoms with Gasteiger partial charge in [0.2, 0.25) is 10.4 Å².